The number of anilines is 2. The lowest BCUT2D eigenvalue weighted by Crippen LogP contribution is -2.13. The molecule has 0 aliphatic rings. The minimum atomic E-state index is 0.359. The van der Waals surface area contributed by atoms with E-state index in [1.807, 2.05) is 25.1 Å². The van der Waals surface area contributed by atoms with Crippen molar-refractivity contribution in [3.05, 3.63) is 46.2 Å². The first-order chi connectivity index (χ1) is 10.2. The van der Waals surface area contributed by atoms with Gasteiger partial charge in [0, 0.05) is 23.7 Å². The van der Waals surface area contributed by atoms with Crippen molar-refractivity contribution in [3.63, 3.8) is 0 Å². The average molecular weight is 352 g/mol. The summed E-state index contributed by atoms with van der Waals surface area (Å²) in [6, 6.07) is 9.84. The normalized spacial score (nSPS) is 10.4. The number of hydrogen-bond donors (Lipinski definition) is 3. The monoisotopic (exact) mass is 351 g/mol. The summed E-state index contributed by atoms with van der Waals surface area (Å²) in [6.45, 7) is 3.56. The quantitative estimate of drug-likeness (QED) is 0.525. The highest BCUT2D eigenvalue weighted by atomic mass is 79.9. The molecular weight excluding hydrogens is 334 g/mol. The lowest BCUT2D eigenvalue weighted by atomic mass is 10.2. The molecular formula is C14H18BrN5O. The Morgan fingerprint density at radius 3 is 2.76 bits per heavy atom. The van der Waals surface area contributed by atoms with E-state index in [9.17, 15) is 0 Å². The van der Waals surface area contributed by atoms with E-state index in [4.69, 9.17) is 10.6 Å². The van der Waals surface area contributed by atoms with E-state index in [0.29, 0.717) is 37.2 Å². The molecule has 0 fully saturated rings. The third-order valence-electron chi connectivity index (χ3n) is 2.72. The number of hydrogen-bond acceptors (Lipinski definition) is 6. The molecule has 0 saturated carbocycles. The number of halogens is 1. The first-order valence-corrected chi connectivity index (χ1v) is 7.41. The first kappa shape index (κ1) is 15.7. The Bertz CT molecular complexity index is 593. The van der Waals surface area contributed by atoms with Crippen molar-refractivity contribution in [3.8, 4) is 0 Å². The van der Waals surface area contributed by atoms with Crippen molar-refractivity contribution in [2.45, 2.75) is 20.1 Å². The lowest BCUT2D eigenvalue weighted by molar-refractivity contribution is 0.128. The van der Waals surface area contributed by atoms with E-state index < -0.39 is 0 Å². The van der Waals surface area contributed by atoms with Gasteiger partial charge in [0.15, 0.2) is 5.82 Å². The summed E-state index contributed by atoms with van der Waals surface area (Å²) in [5.41, 5.74) is 3.69. The molecule has 2 aromatic rings. The highest BCUT2D eigenvalue weighted by Gasteiger charge is 2.04. The second kappa shape index (κ2) is 7.92. The number of ether oxygens (including phenoxy) is 1. The molecule has 0 saturated heterocycles. The van der Waals surface area contributed by atoms with Crippen LogP contribution in [0.4, 0.5) is 11.6 Å². The van der Waals surface area contributed by atoms with Gasteiger partial charge in [0.05, 0.1) is 0 Å². The Kier molecular flexibility index (Phi) is 5.91. The maximum atomic E-state index is 5.43. The number of nitrogen functional groups attached to an aromatic ring is 1. The van der Waals surface area contributed by atoms with Crippen molar-refractivity contribution in [1.82, 2.24) is 9.97 Å². The number of benzene rings is 1. The Hall–Kier alpha value is -1.70. The summed E-state index contributed by atoms with van der Waals surface area (Å²) in [4.78, 5) is 8.64. The number of hydrazine groups is 1. The Labute approximate surface area is 132 Å². The van der Waals surface area contributed by atoms with Crippen LogP contribution in [0.3, 0.4) is 0 Å². The molecule has 0 bridgehead atoms. The number of aromatic nitrogens is 2. The van der Waals surface area contributed by atoms with Crippen LogP contribution < -0.4 is 16.6 Å². The number of nitrogens with zero attached hydrogens (tertiary/aromatic N) is 2. The molecule has 21 heavy (non-hydrogen) atoms. The highest BCUT2D eigenvalue weighted by molar-refractivity contribution is 9.10. The van der Waals surface area contributed by atoms with Crippen molar-refractivity contribution < 1.29 is 4.74 Å². The smallest absolute Gasteiger partial charge is 0.158 e. The predicted octanol–water partition coefficient (Wildman–Crippen LogP) is 2.67. The summed E-state index contributed by atoms with van der Waals surface area (Å²) in [7, 11) is 0. The fraction of sp³-hybridized carbons (Fsp3) is 0.286. The Morgan fingerprint density at radius 2 is 2.05 bits per heavy atom. The van der Waals surface area contributed by atoms with Gasteiger partial charge in [0.1, 0.15) is 18.2 Å². The lowest BCUT2D eigenvalue weighted by Gasteiger charge is -2.10. The number of nitrogens with two attached hydrogens (primary N) is 1. The maximum absolute atomic E-state index is 5.43. The average Bonchev–Trinajstić information content (AvgIpc) is 2.51. The number of rotatable bonds is 7. The van der Waals surface area contributed by atoms with Crippen LogP contribution in [0.25, 0.3) is 0 Å². The third-order valence-corrected chi connectivity index (χ3v) is 3.21. The Morgan fingerprint density at radius 1 is 1.24 bits per heavy atom. The number of nitrogens with one attached hydrogen (secondary N) is 2. The van der Waals surface area contributed by atoms with Crippen LogP contribution in [0.2, 0.25) is 0 Å². The van der Waals surface area contributed by atoms with E-state index in [-0.39, 0.29) is 0 Å². The van der Waals surface area contributed by atoms with Crippen LogP contribution >= 0.6 is 15.9 Å². The predicted molar refractivity (Wildman–Crippen MR) is 86.6 cm³/mol. The molecule has 0 radical (unpaired) electrons. The first-order valence-electron chi connectivity index (χ1n) is 6.62. The van der Waals surface area contributed by atoms with Crippen molar-refractivity contribution in [2.75, 3.05) is 17.3 Å². The molecule has 1 aromatic heterocycles. The van der Waals surface area contributed by atoms with Crippen LogP contribution in [0.15, 0.2) is 34.8 Å². The summed E-state index contributed by atoms with van der Waals surface area (Å²) >= 11 is 3.45. The largest absolute Gasteiger partial charge is 0.374 e. The summed E-state index contributed by atoms with van der Waals surface area (Å²) in [5.74, 6) is 7.27. The van der Waals surface area contributed by atoms with E-state index in [1.54, 1.807) is 6.07 Å². The fourth-order valence-electron chi connectivity index (χ4n) is 1.76. The van der Waals surface area contributed by atoms with Gasteiger partial charge in [-0.2, -0.15) is 0 Å². The molecule has 0 spiro atoms. The van der Waals surface area contributed by atoms with Crippen molar-refractivity contribution in [2.24, 2.45) is 5.84 Å². The zero-order valence-electron chi connectivity index (χ0n) is 11.8. The minimum Gasteiger partial charge on any atom is -0.374 e. The molecule has 4 N–H and O–H groups in total. The molecule has 2 rings (SSSR count). The van der Waals surface area contributed by atoms with Crippen LogP contribution in [-0.2, 0) is 17.9 Å². The van der Waals surface area contributed by atoms with Gasteiger partial charge in [-0.25, -0.2) is 15.8 Å². The highest BCUT2D eigenvalue weighted by Crippen LogP contribution is 2.15. The Balaban J connectivity index is 2.07. The van der Waals surface area contributed by atoms with Crippen LogP contribution in [0.1, 0.15) is 18.3 Å². The van der Waals surface area contributed by atoms with Gasteiger partial charge < -0.3 is 15.5 Å². The van der Waals surface area contributed by atoms with Crippen molar-refractivity contribution >= 4 is 27.6 Å². The van der Waals surface area contributed by atoms with Crippen molar-refractivity contribution in [1.29, 1.82) is 0 Å². The molecule has 7 heteroatoms. The maximum Gasteiger partial charge on any atom is 0.158 e. The summed E-state index contributed by atoms with van der Waals surface area (Å²) < 4.78 is 6.37. The molecule has 1 heterocycles. The summed E-state index contributed by atoms with van der Waals surface area (Å²) in [5, 5.41) is 3.26. The van der Waals surface area contributed by atoms with Crippen LogP contribution in [0.5, 0.6) is 0 Å². The standard InChI is InChI=1S/C14H18BrN5O/c1-2-21-9-14-18-12(7-13(19-14)20-16)17-8-10-4-3-5-11(15)6-10/h3-7H,2,8-9,16H2,1H3,(H2,17,18,19,20). The second-order valence-corrected chi connectivity index (χ2v) is 5.24. The molecule has 0 unspecified atom stereocenters. The molecule has 1 aromatic carbocycles. The van der Waals surface area contributed by atoms with Gasteiger partial charge in [-0.15, -0.1) is 0 Å². The zero-order valence-corrected chi connectivity index (χ0v) is 13.4. The van der Waals surface area contributed by atoms with E-state index in [0.717, 1.165) is 10.0 Å². The van der Waals surface area contributed by atoms with Gasteiger partial charge in [-0.1, -0.05) is 28.1 Å². The van der Waals surface area contributed by atoms with E-state index in [2.05, 4.69) is 42.7 Å². The van der Waals surface area contributed by atoms with E-state index >= 15 is 0 Å². The summed E-state index contributed by atoms with van der Waals surface area (Å²) in [6.07, 6.45) is 0. The minimum absolute atomic E-state index is 0.359. The van der Waals surface area contributed by atoms with Gasteiger partial charge in [-0.3, -0.25) is 0 Å². The van der Waals surface area contributed by atoms with Gasteiger partial charge in [-0.05, 0) is 24.6 Å². The zero-order chi connectivity index (χ0) is 15.1. The third kappa shape index (κ3) is 4.96. The molecule has 0 aliphatic heterocycles. The molecule has 6 nitrogen and oxygen atoms in total. The SMILES string of the molecule is CCOCc1nc(NN)cc(NCc2cccc(Br)c2)n1. The molecule has 0 amide bonds. The molecule has 0 aliphatic carbocycles. The van der Waals surface area contributed by atoms with Gasteiger partial charge in [0.2, 0.25) is 0 Å². The fourth-order valence-corrected chi connectivity index (χ4v) is 2.21. The van der Waals surface area contributed by atoms with Crippen LogP contribution in [0, 0.1) is 0 Å². The topological polar surface area (TPSA) is 85.1 Å². The van der Waals surface area contributed by atoms with E-state index in [1.165, 1.54) is 0 Å². The van der Waals surface area contributed by atoms with Gasteiger partial charge >= 0.3 is 0 Å². The van der Waals surface area contributed by atoms with Gasteiger partial charge in [0.25, 0.3) is 0 Å². The molecule has 112 valence electrons. The van der Waals surface area contributed by atoms with Crippen LogP contribution in [-0.4, -0.2) is 16.6 Å². The second-order valence-electron chi connectivity index (χ2n) is 4.32. The molecule has 0 atom stereocenters.